The lowest BCUT2D eigenvalue weighted by molar-refractivity contribution is 0.334. The first kappa shape index (κ1) is 30.3. The summed E-state index contributed by atoms with van der Waals surface area (Å²) in [6.07, 6.45) is 5.86. The van der Waals surface area contributed by atoms with Gasteiger partial charge in [-0.25, -0.2) is 15.0 Å². The molecule has 5 aromatic carbocycles. The van der Waals surface area contributed by atoms with Crippen molar-refractivity contribution in [3.05, 3.63) is 139 Å². The Balaban J connectivity index is 1.40. The summed E-state index contributed by atoms with van der Waals surface area (Å²) in [6.45, 7) is 9.66. The smallest absolute Gasteiger partial charge is 0.182 e. The molecule has 50 heavy (non-hydrogen) atoms. The number of hydrogen-bond donors (Lipinski definition) is 0. The first-order valence-corrected chi connectivity index (χ1v) is 17.4. The van der Waals surface area contributed by atoms with E-state index in [2.05, 4.69) is 117 Å². The number of pyridine rings is 2. The van der Waals surface area contributed by atoms with Gasteiger partial charge in [-0.2, -0.15) is 0 Å². The maximum absolute atomic E-state index is 5.13. The van der Waals surface area contributed by atoms with Crippen molar-refractivity contribution in [3.8, 4) is 45.6 Å². The molecule has 5 heteroatoms. The van der Waals surface area contributed by atoms with E-state index in [9.17, 15) is 0 Å². The van der Waals surface area contributed by atoms with Crippen LogP contribution in [0.3, 0.4) is 0 Å². The van der Waals surface area contributed by atoms with Crippen molar-refractivity contribution in [2.45, 2.75) is 51.4 Å². The molecule has 0 saturated heterocycles. The van der Waals surface area contributed by atoms with Gasteiger partial charge in [-0.3, -0.25) is 9.97 Å². The molecule has 0 fully saturated rings. The van der Waals surface area contributed by atoms with Crippen LogP contribution in [-0.4, -0.2) is 24.9 Å². The summed E-state index contributed by atoms with van der Waals surface area (Å²) < 4.78 is 0. The number of hydrogen-bond acceptors (Lipinski definition) is 5. The standard InChI is InChI=1S/C45H37N5/c1-44(2)23-24-45(3,4)40-33-20-10-5-15-28(33)34(27-35(40)44)38-29-16-6-8-18-31(29)39(32-19-9-7-17-30(32)38)43-49-41(36-21-11-13-25-46-36)48-42(50-43)37-22-12-14-26-47-37/h5-22,25-27H,23-24H2,1-4H3. The summed E-state index contributed by atoms with van der Waals surface area (Å²) in [5.74, 6) is 1.62. The van der Waals surface area contributed by atoms with Crippen molar-refractivity contribution in [2.75, 3.05) is 0 Å². The van der Waals surface area contributed by atoms with Gasteiger partial charge in [0.15, 0.2) is 17.5 Å². The van der Waals surface area contributed by atoms with Gasteiger partial charge in [0.1, 0.15) is 11.4 Å². The molecule has 0 N–H and O–H groups in total. The molecule has 0 aliphatic heterocycles. The minimum atomic E-state index is 0.0593. The number of fused-ring (bicyclic) bond motifs is 5. The third kappa shape index (κ3) is 4.79. The van der Waals surface area contributed by atoms with Gasteiger partial charge >= 0.3 is 0 Å². The van der Waals surface area contributed by atoms with Gasteiger partial charge in [-0.15, -0.1) is 0 Å². The van der Waals surface area contributed by atoms with E-state index in [1.54, 1.807) is 12.4 Å². The Morgan fingerprint density at radius 2 is 0.880 bits per heavy atom. The lowest BCUT2D eigenvalue weighted by Crippen LogP contribution is -2.34. The monoisotopic (exact) mass is 647 g/mol. The number of rotatable bonds is 4. The molecule has 0 unspecified atom stereocenters. The largest absolute Gasteiger partial charge is 0.253 e. The van der Waals surface area contributed by atoms with Crippen molar-refractivity contribution in [1.29, 1.82) is 0 Å². The molecule has 0 bridgehead atoms. The van der Waals surface area contributed by atoms with E-state index in [-0.39, 0.29) is 10.8 Å². The Morgan fingerprint density at radius 1 is 0.440 bits per heavy atom. The van der Waals surface area contributed by atoms with Gasteiger partial charge in [0.05, 0.1) is 0 Å². The second kappa shape index (κ2) is 11.4. The van der Waals surface area contributed by atoms with Crippen LogP contribution in [0.1, 0.15) is 51.7 Å². The molecule has 1 aliphatic carbocycles. The second-order valence-electron chi connectivity index (χ2n) is 14.7. The lowest BCUT2D eigenvalue weighted by atomic mass is 9.61. The van der Waals surface area contributed by atoms with E-state index in [1.807, 2.05) is 36.4 Å². The normalized spacial score (nSPS) is 15.0. The molecule has 3 aromatic heterocycles. The number of nitrogens with zero attached hydrogens (tertiary/aromatic N) is 5. The summed E-state index contributed by atoms with van der Waals surface area (Å²) >= 11 is 0. The predicted molar refractivity (Wildman–Crippen MR) is 205 cm³/mol. The molecule has 0 saturated carbocycles. The molecular weight excluding hydrogens is 611 g/mol. The average molecular weight is 648 g/mol. The van der Waals surface area contributed by atoms with Crippen LogP contribution in [0.5, 0.6) is 0 Å². The molecule has 5 nitrogen and oxygen atoms in total. The summed E-state index contributed by atoms with van der Waals surface area (Å²) in [6, 6.07) is 40.6. The van der Waals surface area contributed by atoms with Gasteiger partial charge in [-0.05, 0) is 109 Å². The van der Waals surface area contributed by atoms with Gasteiger partial charge in [-0.1, -0.05) is 113 Å². The third-order valence-corrected chi connectivity index (χ3v) is 10.7. The highest BCUT2D eigenvalue weighted by molar-refractivity contribution is 6.23. The molecule has 3 heterocycles. The Hall–Kier alpha value is -5.81. The molecule has 0 atom stereocenters. The van der Waals surface area contributed by atoms with Crippen molar-refractivity contribution in [2.24, 2.45) is 0 Å². The van der Waals surface area contributed by atoms with Gasteiger partial charge in [0.2, 0.25) is 0 Å². The Labute approximate surface area is 292 Å². The molecule has 242 valence electrons. The van der Waals surface area contributed by atoms with Crippen LogP contribution < -0.4 is 0 Å². The van der Waals surface area contributed by atoms with E-state index in [0.29, 0.717) is 28.9 Å². The topological polar surface area (TPSA) is 64.5 Å². The Kier molecular flexibility index (Phi) is 6.89. The molecule has 0 radical (unpaired) electrons. The van der Waals surface area contributed by atoms with Crippen molar-refractivity contribution < 1.29 is 0 Å². The fourth-order valence-corrected chi connectivity index (χ4v) is 8.10. The zero-order valence-electron chi connectivity index (χ0n) is 28.8. The highest BCUT2D eigenvalue weighted by Gasteiger charge is 2.39. The molecule has 9 rings (SSSR count). The Morgan fingerprint density at radius 3 is 1.40 bits per heavy atom. The van der Waals surface area contributed by atoms with Gasteiger partial charge < -0.3 is 0 Å². The third-order valence-electron chi connectivity index (χ3n) is 10.7. The molecule has 0 amide bonds. The van der Waals surface area contributed by atoms with E-state index >= 15 is 0 Å². The predicted octanol–water partition coefficient (Wildman–Crippen LogP) is 11.1. The van der Waals surface area contributed by atoms with E-state index in [0.717, 1.165) is 22.8 Å². The van der Waals surface area contributed by atoms with E-state index < -0.39 is 0 Å². The van der Waals surface area contributed by atoms with Crippen LogP contribution in [0.2, 0.25) is 0 Å². The number of aromatic nitrogens is 5. The zero-order chi connectivity index (χ0) is 34.0. The highest BCUT2D eigenvalue weighted by Crippen LogP contribution is 2.52. The molecule has 1 aliphatic rings. The fraction of sp³-hybridized carbons (Fsp3) is 0.178. The van der Waals surface area contributed by atoms with E-state index in [4.69, 9.17) is 15.0 Å². The maximum atomic E-state index is 5.13. The lowest BCUT2D eigenvalue weighted by Gasteiger charge is -2.43. The summed E-state index contributed by atoms with van der Waals surface area (Å²) in [4.78, 5) is 24.4. The van der Waals surface area contributed by atoms with Crippen molar-refractivity contribution >= 4 is 32.3 Å². The second-order valence-corrected chi connectivity index (χ2v) is 14.7. The summed E-state index contributed by atoms with van der Waals surface area (Å²) in [7, 11) is 0. The average Bonchev–Trinajstić information content (AvgIpc) is 3.15. The van der Waals surface area contributed by atoms with Crippen LogP contribution in [0.4, 0.5) is 0 Å². The van der Waals surface area contributed by atoms with Crippen LogP contribution in [0, 0.1) is 0 Å². The fourth-order valence-electron chi connectivity index (χ4n) is 8.10. The van der Waals surface area contributed by atoms with Crippen molar-refractivity contribution in [1.82, 2.24) is 24.9 Å². The van der Waals surface area contributed by atoms with Gasteiger partial charge in [0.25, 0.3) is 0 Å². The maximum Gasteiger partial charge on any atom is 0.182 e. The SMILES string of the molecule is CC1(C)CCC(C)(C)c2c1cc(-c1c3ccccc3c(-c3nc(-c4ccccn4)nc(-c4ccccn4)n3)c3ccccc13)c1ccccc21. The van der Waals surface area contributed by atoms with Crippen LogP contribution in [0.25, 0.3) is 77.9 Å². The molecular formula is C45H37N5. The van der Waals surface area contributed by atoms with E-state index in [1.165, 1.54) is 50.2 Å². The zero-order valence-corrected chi connectivity index (χ0v) is 28.8. The number of benzene rings is 5. The van der Waals surface area contributed by atoms with Crippen LogP contribution in [-0.2, 0) is 10.8 Å². The molecule has 0 spiro atoms. The summed E-state index contributed by atoms with van der Waals surface area (Å²) in [5.41, 5.74) is 7.94. The van der Waals surface area contributed by atoms with Crippen LogP contribution in [0.15, 0.2) is 128 Å². The minimum absolute atomic E-state index is 0.0593. The minimum Gasteiger partial charge on any atom is -0.253 e. The highest BCUT2D eigenvalue weighted by atomic mass is 15.1. The first-order valence-electron chi connectivity index (χ1n) is 17.4. The first-order chi connectivity index (χ1) is 24.3. The molecule has 8 aromatic rings. The Bertz CT molecular complexity index is 2480. The summed E-state index contributed by atoms with van der Waals surface area (Å²) in [5, 5.41) is 7.15. The van der Waals surface area contributed by atoms with Crippen LogP contribution >= 0.6 is 0 Å². The quantitative estimate of drug-likeness (QED) is 0.178. The van der Waals surface area contributed by atoms with Gasteiger partial charge in [0, 0.05) is 18.0 Å². The van der Waals surface area contributed by atoms with Crippen molar-refractivity contribution in [3.63, 3.8) is 0 Å².